The average Bonchev–Trinajstić information content (AvgIpc) is 2.86. The Labute approximate surface area is 232 Å². The largest absolute Gasteiger partial charge is 0.0654 e. The summed E-state index contributed by atoms with van der Waals surface area (Å²) in [6.07, 6.45) is 41.0. The molecule has 0 aromatic heterocycles. The fourth-order valence-electron chi connectivity index (χ4n) is 6.02. The average molecular weight is 507 g/mol. The van der Waals surface area contributed by atoms with Crippen molar-refractivity contribution in [2.24, 2.45) is 17.8 Å². The van der Waals surface area contributed by atoms with Gasteiger partial charge in [-0.2, -0.15) is 0 Å². The van der Waals surface area contributed by atoms with Crippen molar-refractivity contribution in [3.63, 3.8) is 0 Å². The van der Waals surface area contributed by atoms with Gasteiger partial charge in [-0.25, -0.2) is 0 Å². The summed E-state index contributed by atoms with van der Waals surface area (Å²) in [4.78, 5) is 0. The number of rotatable bonds is 30. The highest BCUT2D eigenvalue weighted by atomic mass is 14.1. The van der Waals surface area contributed by atoms with Crippen LogP contribution in [0.3, 0.4) is 0 Å². The number of hydrogen-bond acceptors (Lipinski definition) is 0. The predicted octanol–water partition coefficient (Wildman–Crippen LogP) is 13.9. The first-order valence-electron chi connectivity index (χ1n) is 17.6. The lowest BCUT2D eigenvalue weighted by Gasteiger charge is -2.14. The summed E-state index contributed by atoms with van der Waals surface area (Å²) in [5.74, 6) is 2.87. The van der Waals surface area contributed by atoms with E-state index < -0.39 is 0 Å². The summed E-state index contributed by atoms with van der Waals surface area (Å²) < 4.78 is 0. The highest BCUT2D eigenvalue weighted by Gasteiger charge is 2.07. The van der Waals surface area contributed by atoms with E-state index in [1.807, 2.05) is 0 Å². The summed E-state index contributed by atoms with van der Waals surface area (Å²) in [6, 6.07) is 0. The molecule has 0 rings (SSSR count). The third-order valence-corrected chi connectivity index (χ3v) is 8.89. The predicted molar refractivity (Wildman–Crippen MR) is 168 cm³/mol. The third kappa shape index (κ3) is 28.6. The van der Waals surface area contributed by atoms with E-state index in [9.17, 15) is 0 Å². The fraction of sp³-hybridized carbons (Fsp3) is 1.00. The van der Waals surface area contributed by atoms with Crippen LogP contribution in [0, 0.1) is 17.8 Å². The second kappa shape index (κ2) is 29.6. The normalized spacial score (nSPS) is 14.2. The van der Waals surface area contributed by atoms with Gasteiger partial charge in [-0.15, -0.1) is 0 Å². The Bertz CT molecular complexity index is 385. The smallest absolute Gasteiger partial charge is 0.0443 e. The van der Waals surface area contributed by atoms with Crippen LogP contribution in [0.2, 0.25) is 0 Å². The Morgan fingerprint density at radius 3 is 0.694 bits per heavy atom. The van der Waals surface area contributed by atoms with Gasteiger partial charge >= 0.3 is 0 Å². The summed E-state index contributed by atoms with van der Waals surface area (Å²) in [6.45, 7) is 12.1. The molecule has 0 aliphatic rings. The summed E-state index contributed by atoms with van der Waals surface area (Å²) in [5, 5.41) is 0. The molecular formula is C36H74. The Morgan fingerprint density at radius 1 is 0.250 bits per heavy atom. The van der Waals surface area contributed by atoms with Crippen LogP contribution in [0.4, 0.5) is 0 Å². The summed E-state index contributed by atoms with van der Waals surface area (Å²) in [5.41, 5.74) is 0. The molecule has 3 unspecified atom stereocenters. The van der Waals surface area contributed by atoms with Gasteiger partial charge in [0.25, 0.3) is 0 Å². The molecular weight excluding hydrogens is 432 g/mol. The molecule has 36 heavy (non-hydrogen) atoms. The molecule has 0 aromatic rings. The molecule has 0 radical (unpaired) electrons. The van der Waals surface area contributed by atoms with Crippen LogP contribution in [0.15, 0.2) is 0 Å². The zero-order valence-electron chi connectivity index (χ0n) is 26.5. The van der Waals surface area contributed by atoms with Crippen molar-refractivity contribution in [3.8, 4) is 0 Å². The lowest BCUT2D eigenvalue weighted by molar-refractivity contribution is 0.389. The minimum atomic E-state index is 0.951. The van der Waals surface area contributed by atoms with E-state index in [0.717, 1.165) is 17.8 Å². The molecule has 3 atom stereocenters. The van der Waals surface area contributed by atoms with E-state index in [0.29, 0.717) is 0 Å². The lowest BCUT2D eigenvalue weighted by Crippen LogP contribution is -1.99. The van der Waals surface area contributed by atoms with Crippen LogP contribution in [0.25, 0.3) is 0 Å². The van der Waals surface area contributed by atoms with Gasteiger partial charge in [0.1, 0.15) is 0 Å². The van der Waals surface area contributed by atoms with Gasteiger partial charge in [0.05, 0.1) is 0 Å². The van der Waals surface area contributed by atoms with Crippen molar-refractivity contribution in [1.29, 1.82) is 0 Å². The topological polar surface area (TPSA) is 0 Å². The van der Waals surface area contributed by atoms with Crippen molar-refractivity contribution < 1.29 is 0 Å². The fourth-order valence-corrected chi connectivity index (χ4v) is 6.02. The lowest BCUT2D eigenvalue weighted by atomic mass is 9.92. The molecule has 0 aliphatic heterocycles. The minimum Gasteiger partial charge on any atom is -0.0654 e. The molecule has 0 aromatic carbocycles. The third-order valence-electron chi connectivity index (χ3n) is 8.89. The molecule has 0 fully saturated rings. The maximum Gasteiger partial charge on any atom is -0.0443 e. The Morgan fingerprint density at radius 2 is 0.444 bits per heavy atom. The van der Waals surface area contributed by atoms with E-state index in [2.05, 4.69) is 34.6 Å². The van der Waals surface area contributed by atoms with Crippen LogP contribution < -0.4 is 0 Å². The highest BCUT2D eigenvalue weighted by Crippen LogP contribution is 2.23. The van der Waals surface area contributed by atoms with Crippen LogP contribution in [0.1, 0.15) is 214 Å². The number of unbranched alkanes of at least 4 members (excludes halogenated alkanes) is 18. The first-order chi connectivity index (χ1) is 17.6. The van der Waals surface area contributed by atoms with E-state index >= 15 is 0 Å². The molecule has 0 spiro atoms. The monoisotopic (exact) mass is 507 g/mol. The van der Waals surface area contributed by atoms with Gasteiger partial charge in [0.15, 0.2) is 0 Å². The van der Waals surface area contributed by atoms with Crippen molar-refractivity contribution in [1.82, 2.24) is 0 Å². The highest BCUT2D eigenvalue weighted by molar-refractivity contribution is 4.60. The van der Waals surface area contributed by atoms with Crippen LogP contribution in [-0.2, 0) is 0 Å². The molecule has 0 heterocycles. The van der Waals surface area contributed by atoms with Gasteiger partial charge < -0.3 is 0 Å². The quantitative estimate of drug-likeness (QED) is 0.0849. The molecule has 0 amide bonds. The first kappa shape index (κ1) is 36.0. The minimum absolute atomic E-state index is 0.951. The Balaban J connectivity index is 3.35. The number of hydrogen-bond donors (Lipinski definition) is 0. The Hall–Kier alpha value is 0. The molecule has 0 saturated carbocycles. The standard InChI is InChI=1S/C36H74/c1-6-8-10-12-14-16-19-23-28-34(3)29-25-21-18-22-26-31-36(5)33-27-32-35(4)30-24-20-17-15-13-11-9-7-2/h34-36H,6-33H2,1-5H3. The van der Waals surface area contributed by atoms with E-state index in [-0.39, 0.29) is 0 Å². The Kier molecular flexibility index (Phi) is 29.6. The molecule has 0 heteroatoms. The van der Waals surface area contributed by atoms with Crippen molar-refractivity contribution >= 4 is 0 Å². The van der Waals surface area contributed by atoms with Crippen LogP contribution in [-0.4, -0.2) is 0 Å². The van der Waals surface area contributed by atoms with Crippen molar-refractivity contribution in [2.45, 2.75) is 214 Å². The maximum absolute atomic E-state index is 2.51. The van der Waals surface area contributed by atoms with Gasteiger partial charge in [0.2, 0.25) is 0 Å². The summed E-state index contributed by atoms with van der Waals surface area (Å²) in [7, 11) is 0. The van der Waals surface area contributed by atoms with Gasteiger partial charge in [-0.3, -0.25) is 0 Å². The zero-order chi connectivity index (χ0) is 26.5. The molecule has 218 valence electrons. The van der Waals surface area contributed by atoms with E-state index in [1.54, 1.807) is 0 Å². The zero-order valence-corrected chi connectivity index (χ0v) is 26.5. The molecule has 0 nitrogen and oxygen atoms in total. The van der Waals surface area contributed by atoms with Crippen LogP contribution in [0.5, 0.6) is 0 Å². The van der Waals surface area contributed by atoms with E-state index in [4.69, 9.17) is 0 Å². The molecule has 0 aliphatic carbocycles. The van der Waals surface area contributed by atoms with Gasteiger partial charge in [-0.1, -0.05) is 214 Å². The molecule has 0 bridgehead atoms. The molecule has 0 saturated heterocycles. The van der Waals surface area contributed by atoms with Gasteiger partial charge in [0, 0.05) is 0 Å². The van der Waals surface area contributed by atoms with Gasteiger partial charge in [-0.05, 0) is 17.8 Å². The van der Waals surface area contributed by atoms with E-state index in [1.165, 1.54) is 180 Å². The van der Waals surface area contributed by atoms with Crippen molar-refractivity contribution in [3.05, 3.63) is 0 Å². The maximum atomic E-state index is 2.51. The van der Waals surface area contributed by atoms with Crippen LogP contribution >= 0.6 is 0 Å². The molecule has 0 N–H and O–H groups in total. The second-order valence-corrected chi connectivity index (χ2v) is 13.1. The second-order valence-electron chi connectivity index (χ2n) is 13.1. The summed E-state index contributed by atoms with van der Waals surface area (Å²) >= 11 is 0. The SMILES string of the molecule is CCCCCCCCCCC(C)CCCCCCCC(C)CCCC(C)CCCCCCCCCC. The first-order valence-corrected chi connectivity index (χ1v) is 17.6. The van der Waals surface area contributed by atoms with Crippen molar-refractivity contribution in [2.75, 3.05) is 0 Å².